The first kappa shape index (κ1) is 13.8. The average Bonchev–Trinajstić information content (AvgIpc) is 2.53. The fourth-order valence-electron chi connectivity index (χ4n) is 2.99. The van der Waals surface area contributed by atoms with Crippen LogP contribution in [0.1, 0.15) is 27.0 Å². The number of carboxylic acid groups (broad SMARTS) is 1. The molecule has 1 N–H and O–H groups in total. The van der Waals surface area contributed by atoms with E-state index in [-0.39, 0.29) is 0 Å². The minimum Gasteiger partial charge on any atom is -0.478 e. The Kier molecular flexibility index (Phi) is 4.02. The normalized spacial score (nSPS) is 14.7. The van der Waals surface area contributed by atoms with Crippen molar-refractivity contribution in [3.63, 3.8) is 0 Å². The number of nitrogens with zero attached hydrogens (tertiary/aromatic N) is 1. The lowest BCUT2D eigenvalue weighted by molar-refractivity contribution is 0.0694. The molecule has 0 radical (unpaired) electrons. The summed E-state index contributed by atoms with van der Waals surface area (Å²) in [5, 5.41) is 9.25. The lowest BCUT2D eigenvalue weighted by Crippen LogP contribution is -2.33. The maximum absolute atomic E-state index is 11.3. The fraction of sp³-hybridized carbons (Fsp3) is 0.278. The number of hydrogen-bond donors (Lipinski definition) is 1. The molecule has 0 saturated carbocycles. The number of fused-ring (bicyclic) bond motifs is 1. The van der Waals surface area contributed by atoms with Crippen LogP contribution in [0.4, 0.5) is 0 Å². The van der Waals surface area contributed by atoms with Gasteiger partial charge in [-0.05, 0) is 35.6 Å². The van der Waals surface area contributed by atoms with Crippen molar-refractivity contribution in [2.45, 2.75) is 19.4 Å². The molecular weight excluding hydrogens is 262 g/mol. The van der Waals surface area contributed by atoms with E-state index < -0.39 is 5.97 Å². The standard InChI is InChI=1S/C18H19NO2/c20-18(21)17-8-4-7-15-13-19(12-10-16(15)17)11-9-14-5-2-1-3-6-14/h1-8H,9-13H2,(H,20,21). The van der Waals surface area contributed by atoms with E-state index in [0.717, 1.165) is 43.6 Å². The highest BCUT2D eigenvalue weighted by Crippen LogP contribution is 2.22. The SMILES string of the molecule is O=C(O)c1cccc2c1CCN(CCc1ccccc1)C2. The molecule has 1 heterocycles. The predicted molar refractivity (Wildman–Crippen MR) is 82.5 cm³/mol. The van der Waals surface area contributed by atoms with Crippen molar-refractivity contribution < 1.29 is 9.90 Å². The quantitative estimate of drug-likeness (QED) is 0.936. The molecule has 1 aliphatic rings. The highest BCUT2D eigenvalue weighted by molar-refractivity contribution is 5.89. The molecule has 2 aromatic carbocycles. The highest BCUT2D eigenvalue weighted by atomic mass is 16.4. The van der Waals surface area contributed by atoms with Crippen LogP contribution in [0, 0.1) is 0 Å². The summed E-state index contributed by atoms with van der Waals surface area (Å²) in [5.74, 6) is -0.815. The first-order chi connectivity index (χ1) is 10.2. The lowest BCUT2D eigenvalue weighted by Gasteiger charge is -2.29. The molecular formula is C18H19NO2. The largest absolute Gasteiger partial charge is 0.478 e. The van der Waals surface area contributed by atoms with Gasteiger partial charge in [0.15, 0.2) is 0 Å². The molecule has 2 aromatic rings. The Balaban J connectivity index is 1.68. The minimum atomic E-state index is -0.815. The van der Waals surface area contributed by atoms with Crippen LogP contribution in [0.2, 0.25) is 0 Å². The van der Waals surface area contributed by atoms with E-state index in [1.807, 2.05) is 12.1 Å². The second-order valence-electron chi connectivity index (χ2n) is 5.51. The zero-order valence-corrected chi connectivity index (χ0v) is 12.0. The van der Waals surface area contributed by atoms with Gasteiger partial charge in [0.25, 0.3) is 0 Å². The van der Waals surface area contributed by atoms with Crippen LogP contribution in [-0.2, 0) is 19.4 Å². The lowest BCUT2D eigenvalue weighted by atomic mass is 9.94. The number of carboxylic acids is 1. The molecule has 0 fully saturated rings. The van der Waals surface area contributed by atoms with Crippen molar-refractivity contribution >= 4 is 5.97 Å². The summed E-state index contributed by atoms with van der Waals surface area (Å²) in [4.78, 5) is 13.7. The Morgan fingerprint density at radius 2 is 1.90 bits per heavy atom. The van der Waals surface area contributed by atoms with Crippen LogP contribution in [0.3, 0.4) is 0 Å². The van der Waals surface area contributed by atoms with Gasteiger partial charge in [-0.15, -0.1) is 0 Å². The van der Waals surface area contributed by atoms with E-state index in [1.165, 1.54) is 5.56 Å². The molecule has 0 spiro atoms. The topological polar surface area (TPSA) is 40.5 Å². The van der Waals surface area contributed by atoms with E-state index in [2.05, 4.69) is 35.2 Å². The van der Waals surface area contributed by atoms with Gasteiger partial charge in [0.2, 0.25) is 0 Å². The summed E-state index contributed by atoms with van der Waals surface area (Å²) >= 11 is 0. The van der Waals surface area contributed by atoms with Gasteiger partial charge in [-0.2, -0.15) is 0 Å². The van der Waals surface area contributed by atoms with Gasteiger partial charge < -0.3 is 5.11 Å². The Morgan fingerprint density at radius 3 is 2.67 bits per heavy atom. The van der Waals surface area contributed by atoms with Crippen LogP contribution < -0.4 is 0 Å². The number of carbonyl (C=O) groups is 1. The van der Waals surface area contributed by atoms with E-state index in [4.69, 9.17) is 0 Å². The summed E-state index contributed by atoms with van der Waals surface area (Å²) in [6.07, 6.45) is 1.86. The van der Waals surface area contributed by atoms with Crippen LogP contribution in [0.5, 0.6) is 0 Å². The second-order valence-corrected chi connectivity index (χ2v) is 5.51. The minimum absolute atomic E-state index is 0.468. The third-order valence-corrected chi connectivity index (χ3v) is 4.13. The van der Waals surface area contributed by atoms with Gasteiger partial charge in [0.1, 0.15) is 0 Å². The number of rotatable bonds is 4. The molecule has 3 rings (SSSR count). The van der Waals surface area contributed by atoms with Gasteiger partial charge in [0.05, 0.1) is 5.56 Å². The van der Waals surface area contributed by atoms with Crippen molar-refractivity contribution in [2.24, 2.45) is 0 Å². The van der Waals surface area contributed by atoms with Crippen LogP contribution in [0.15, 0.2) is 48.5 Å². The van der Waals surface area contributed by atoms with Gasteiger partial charge in [-0.3, -0.25) is 4.90 Å². The van der Waals surface area contributed by atoms with E-state index in [1.54, 1.807) is 6.07 Å². The Hall–Kier alpha value is -2.13. The van der Waals surface area contributed by atoms with Crippen LogP contribution >= 0.6 is 0 Å². The molecule has 0 saturated heterocycles. The molecule has 3 heteroatoms. The smallest absolute Gasteiger partial charge is 0.335 e. The third kappa shape index (κ3) is 3.14. The molecule has 0 unspecified atom stereocenters. The number of benzene rings is 2. The van der Waals surface area contributed by atoms with E-state index in [0.29, 0.717) is 5.56 Å². The van der Waals surface area contributed by atoms with Gasteiger partial charge in [-0.1, -0.05) is 42.5 Å². The zero-order chi connectivity index (χ0) is 14.7. The number of aromatic carboxylic acids is 1. The molecule has 21 heavy (non-hydrogen) atoms. The highest BCUT2D eigenvalue weighted by Gasteiger charge is 2.20. The Morgan fingerprint density at radius 1 is 1.10 bits per heavy atom. The molecule has 0 aromatic heterocycles. The van der Waals surface area contributed by atoms with E-state index in [9.17, 15) is 9.90 Å². The van der Waals surface area contributed by atoms with Gasteiger partial charge in [0, 0.05) is 19.6 Å². The molecule has 0 bridgehead atoms. The summed E-state index contributed by atoms with van der Waals surface area (Å²) in [6.45, 7) is 2.80. The van der Waals surface area contributed by atoms with Crippen molar-refractivity contribution in [1.29, 1.82) is 0 Å². The third-order valence-electron chi connectivity index (χ3n) is 4.13. The monoisotopic (exact) mass is 281 g/mol. The van der Waals surface area contributed by atoms with Gasteiger partial charge in [-0.25, -0.2) is 4.79 Å². The van der Waals surface area contributed by atoms with Gasteiger partial charge >= 0.3 is 5.97 Å². The predicted octanol–water partition coefficient (Wildman–Crippen LogP) is 2.99. The number of hydrogen-bond acceptors (Lipinski definition) is 2. The van der Waals surface area contributed by atoms with Crippen LogP contribution in [-0.4, -0.2) is 29.1 Å². The van der Waals surface area contributed by atoms with Crippen molar-refractivity contribution in [2.75, 3.05) is 13.1 Å². The molecule has 0 aliphatic carbocycles. The summed E-state index contributed by atoms with van der Waals surface area (Å²) in [7, 11) is 0. The maximum Gasteiger partial charge on any atom is 0.335 e. The van der Waals surface area contributed by atoms with Crippen molar-refractivity contribution in [1.82, 2.24) is 4.90 Å². The van der Waals surface area contributed by atoms with Crippen molar-refractivity contribution in [3.8, 4) is 0 Å². The summed E-state index contributed by atoms with van der Waals surface area (Å²) < 4.78 is 0. The summed E-state index contributed by atoms with van der Waals surface area (Å²) in [6, 6.07) is 16.1. The first-order valence-corrected chi connectivity index (χ1v) is 7.34. The van der Waals surface area contributed by atoms with E-state index >= 15 is 0 Å². The van der Waals surface area contributed by atoms with Crippen molar-refractivity contribution in [3.05, 3.63) is 70.8 Å². The molecule has 3 nitrogen and oxygen atoms in total. The Labute approximate surface area is 124 Å². The molecule has 0 atom stereocenters. The fourth-order valence-corrected chi connectivity index (χ4v) is 2.99. The zero-order valence-electron chi connectivity index (χ0n) is 12.0. The first-order valence-electron chi connectivity index (χ1n) is 7.34. The maximum atomic E-state index is 11.3. The summed E-state index contributed by atoms with van der Waals surface area (Å²) in [5.41, 5.74) is 3.99. The molecule has 0 amide bonds. The molecule has 1 aliphatic heterocycles. The van der Waals surface area contributed by atoms with Crippen LogP contribution in [0.25, 0.3) is 0 Å². The Bertz CT molecular complexity index is 637. The second kappa shape index (κ2) is 6.10. The average molecular weight is 281 g/mol. The molecule has 108 valence electrons.